The predicted octanol–water partition coefficient (Wildman–Crippen LogP) is 0.383. The Morgan fingerprint density at radius 2 is 2.06 bits per heavy atom. The molecule has 2 N–H and O–H groups in total. The van der Waals surface area contributed by atoms with Gasteiger partial charge in [-0.15, -0.1) is 0 Å². The van der Waals surface area contributed by atoms with Gasteiger partial charge in [0, 0.05) is 5.69 Å². The fourth-order valence-corrected chi connectivity index (χ4v) is 3.17. The van der Waals surface area contributed by atoms with Gasteiger partial charge in [-0.05, 0) is 18.2 Å². The van der Waals surface area contributed by atoms with Crippen molar-refractivity contribution in [2.24, 2.45) is 0 Å². The molecule has 86 valence electrons. The molecule has 1 aliphatic heterocycles. The number of nitrogens with zero attached hydrogens (tertiary/aromatic N) is 1. The number of anilines is 1. The predicted molar refractivity (Wildman–Crippen MR) is 55.1 cm³/mol. The van der Waals surface area contributed by atoms with Gasteiger partial charge < -0.3 is 5.73 Å². The second kappa shape index (κ2) is 3.44. The van der Waals surface area contributed by atoms with Crippen LogP contribution in [0.4, 0.5) is 10.1 Å². The first-order chi connectivity index (χ1) is 7.48. The molecule has 0 saturated carbocycles. The fourth-order valence-electron chi connectivity index (χ4n) is 1.59. The van der Waals surface area contributed by atoms with E-state index in [2.05, 4.69) is 0 Å². The number of amides is 1. The summed E-state index contributed by atoms with van der Waals surface area (Å²) in [6, 6.07) is 3.98. The summed E-state index contributed by atoms with van der Waals surface area (Å²) < 4.78 is 36.3. The summed E-state index contributed by atoms with van der Waals surface area (Å²) >= 11 is 0. The molecule has 1 amide bonds. The average molecular weight is 244 g/mol. The molecule has 0 bridgehead atoms. The van der Waals surface area contributed by atoms with Crippen molar-refractivity contribution in [2.45, 2.75) is 4.90 Å². The maximum Gasteiger partial charge on any atom is 0.269 e. The summed E-state index contributed by atoms with van der Waals surface area (Å²) in [6.45, 7) is -1.37. The van der Waals surface area contributed by atoms with Crippen LogP contribution >= 0.6 is 0 Å². The van der Waals surface area contributed by atoms with E-state index in [4.69, 9.17) is 5.73 Å². The number of benzene rings is 1. The van der Waals surface area contributed by atoms with Gasteiger partial charge in [-0.3, -0.25) is 4.79 Å². The van der Waals surface area contributed by atoms with Crippen LogP contribution in [0.2, 0.25) is 0 Å². The molecule has 0 aliphatic carbocycles. The third-order valence-corrected chi connectivity index (χ3v) is 4.14. The number of halogens is 1. The van der Waals surface area contributed by atoms with Gasteiger partial charge >= 0.3 is 0 Å². The van der Waals surface area contributed by atoms with Crippen LogP contribution in [0, 0.1) is 0 Å². The molecular weight excluding hydrogens is 235 g/mol. The molecule has 7 heteroatoms. The SMILES string of the molecule is Nc1ccc2c(c1)S(=O)(=O)N(CCF)C2=O. The number of fused-ring (bicyclic) bond motifs is 1. The molecule has 1 aliphatic rings. The molecule has 5 nitrogen and oxygen atoms in total. The lowest BCUT2D eigenvalue weighted by atomic mass is 10.2. The lowest BCUT2D eigenvalue weighted by Gasteiger charge is -2.11. The molecule has 0 spiro atoms. The van der Waals surface area contributed by atoms with Crippen LogP contribution < -0.4 is 5.73 Å². The molecule has 0 atom stereocenters. The second-order valence-corrected chi connectivity index (χ2v) is 5.16. The zero-order valence-electron chi connectivity index (χ0n) is 8.18. The molecule has 0 unspecified atom stereocenters. The Morgan fingerprint density at radius 3 is 2.69 bits per heavy atom. The Labute approximate surface area is 91.7 Å². The number of hydrogen-bond donors (Lipinski definition) is 1. The van der Waals surface area contributed by atoms with Crippen molar-refractivity contribution in [1.82, 2.24) is 4.31 Å². The van der Waals surface area contributed by atoms with Crippen LogP contribution in [0.15, 0.2) is 23.1 Å². The highest BCUT2D eigenvalue weighted by Crippen LogP contribution is 2.31. The summed E-state index contributed by atoms with van der Waals surface area (Å²) in [5, 5.41) is 0. The minimum absolute atomic E-state index is 0.0441. The number of nitrogens with two attached hydrogens (primary N) is 1. The number of alkyl halides is 1. The first kappa shape index (κ1) is 10.9. The molecule has 1 heterocycles. The minimum atomic E-state index is -3.92. The highest BCUT2D eigenvalue weighted by molar-refractivity contribution is 7.90. The van der Waals surface area contributed by atoms with Crippen LogP contribution in [0.3, 0.4) is 0 Å². The Balaban J connectivity index is 2.63. The zero-order chi connectivity index (χ0) is 11.9. The van der Waals surface area contributed by atoms with Gasteiger partial charge in [-0.25, -0.2) is 17.1 Å². The van der Waals surface area contributed by atoms with Crippen LogP contribution in [-0.4, -0.2) is 31.8 Å². The van der Waals surface area contributed by atoms with Crippen molar-refractivity contribution in [3.8, 4) is 0 Å². The van der Waals surface area contributed by atoms with E-state index in [9.17, 15) is 17.6 Å². The number of carbonyl (C=O) groups excluding carboxylic acids is 1. The Kier molecular flexibility index (Phi) is 2.34. The van der Waals surface area contributed by atoms with Crippen molar-refractivity contribution >= 4 is 21.6 Å². The van der Waals surface area contributed by atoms with E-state index in [-0.39, 0.29) is 16.1 Å². The van der Waals surface area contributed by atoms with Crippen molar-refractivity contribution in [1.29, 1.82) is 0 Å². The quantitative estimate of drug-likeness (QED) is 0.763. The van der Waals surface area contributed by atoms with Gasteiger partial charge in [0.15, 0.2) is 0 Å². The van der Waals surface area contributed by atoms with Gasteiger partial charge in [0.1, 0.15) is 11.6 Å². The first-order valence-corrected chi connectivity index (χ1v) is 5.95. The van der Waals surface area contributed by atoms with E-state index in [1.807, 2.05) is 0 Å². The van der Waals surface area contributed by atoms with Gasteiger partial charge in [-0.1, -0.05) is 0 Å². The van der Waals surface area contributed by atoms with Gasteiger partial charge in [0.25, 0.3) is 15.9 Å². The van der Waals surface area contributed by atoms with Crippen LogP contribution in [0.25, 0.3) is 0 Å². The molecule has 1 aromatic rings. The summed E-state index contributed by atoms with van der Waals surface area (Å²) in [5.41, 5.74) is 5.74. The summed E-state index contributed by atoms with van der Waals surface area (Å²) in [7, 11) is -3.92. The summed E-state index contributed by atoms with van der Waals surface area (Å²) in [5.74, 6) is -0.701. The third kappa shape index (κ3) is 1.35. The standard InChI is InChI=1S/C9H9FN2O3S/c10-3-4-12-9(13)7-2-1-6(11)5-8(7)16(12,14)15/h1-2,5H,3-4,11H2. The van der Waals surface area contributed by atoms with Crippen molar-refractivity contribution in [2.75, 3.05) is 19.0 Å². The minimum Gasteiger partial charge on any atom is -0.399 e. The lowest BCUT2D eigenvalue weighted by molar-refractivity contribution is 0.0865. The molecule has 0 saturated heterocycles. The fraction of sp³-hybridized carbons (Fsp3) is 0.222. The van der Waals surface area contributed by atoms with E-state index < -0.39 is 29.1 Å². The number of carbonyl (C=O) groups is 1. The molecule has 16 heavy (non-hydrogen) atoms. The first-order valence-electron chi connectivity index (χ1n) is 4.51. The smallest absolute Gasteiger partial charge is 0.269 e. The Hall–Kier alpha value is -1.63. The normalized spacial score (nSPS) is 17.6. The Bertz CT molecular complexity index is 556. The molecule has 2 rings (SSSR count). The average Bonchev–Trinajstić information content (AvgIpc) is 2.40. The van der Waals surface area contributed by atoms with E-state index >= 15 is 0 Å². The van der Waals surface area contributed by atoms with Crippen LogP contribution in [0.5, 0.6) is 0 Å². The highest BCUT2D eigenvalue weighted by atomic mass is 32.2. The van der Waals surface area contributed by atoms with Gasteiger partial charge in [0.2, 0.25) is 0 Å². The van der Waals surface area contributed by atoms with Gasteiger partial charge in [-0.2, -0.15) is 0 Å². The monoisotopic (exact) mass is 244 g/mol. The topological polar surface area (TPSA) is 80.5 Å². The number of sulfonamides is 1. The number of rotatable bonds is 2. The van der Waals surface area contributed by atoms with Crippen molar-refractivity contribution < 1.29 is 17.6 Å². The summed E-state index contributed by atoms with van der Waals surface area (Å²) in [4.78, 5) is 11.5. The van der Waals surface area contributed by atoms with Gasteiger partial charge in [0.05, 0.1) is 12.1 Å². The lowest BCUT2D eigenvalue weighted by Crippen LogP contribution is -2.31. The highest BCUT2D eigenvalue weighted by Gasteiger charge is 2.40. The second-order valence-electron chi connectivity index (χ2n) is 3.33. The van der Waals surface area contributed by atoms with Crippen molar-refractivity contribution in [3.05, 3.63) is 23.8 Å². The molecular formula is C9H9FN2O3S. The van der Waals surface area contributed by atoms with Crippen LogP contribution in [-0.2, 0) is 10.0 Å². The third-order valence-electron chi connectivity index (χ3n) is 2.32. The largest absolute Gasteiger partial charge is 0.399 e. The van der Waals surface area contributed by atoms with Crippen molar-refractivity contribution in [3.63, 3.8) is 0 Å². The van der Waals surface area contributed by atoms with E-state index in [1.54, 1.807) is 0 Å². The number of nitrogen functional groups attached to an aromatic ring is 1. The maximum atomic E-state index is 12.2. The maximum absolute atomic E-state index is 12.2. The van der Waals surface area contributed by atoms with Crippen LogP contribution in [0.1, 0.15) is 10.4 Å². The zero-order valence-corrected chi connectivity index (χ0v) is 9.00. The molecule has 0 aromatic heterocycles. The molecule has 0 radical (unpaired) electrons. The van der Waals surface area contributed by atoms with E-state index in [0.717, 1.165) is 0 Å². The molecule has 1 aromatic carbocycles. The van der Waals surface area contributed by atoms with E-state index in [0.29, 0.717) is 4.31 Å². The Morgan fingerprint density at radius 1 is 1.38 bits per heavy atom. The number of hydrogen-bond acceptors (Lipinski definition) is 4. The van der Waals surface area contributed by atoms with E-state index in [1.165, 1.54) is 18.2 Å². The molecule has 0 fully saturated rings. The summed E-state index contributed by atoms with van der Waals surface area (Å²) in [6.07, 6.45) is 0.